The molecular weight excluding hydrogens is 326 g/mol. The van der Waals surface area contributed by atoms with E-state index in [9.17, 15) is 20.0 Å². The molecule has 1 N–H and O–H groups in total. The second-order valence-electron chi connectivity index (χ2n) is 6.00. The van der Waals surface area contributed by atoms with E-state index in [0.29, 0.717) is 11.5 Å². The number of aromatic carboxylic acids is 1. The van der Waals surface area contributed by atoms with Gasteiger partial charge in [-0.2, -0.15) is 0 Å². The maximum atomic E-state index is 11.6. The number of nitro groups is 1. The number of non-ortho nitro benzene ring substituents is 1. The second kappa shape index (κ2) is 6.88. The highest BCUT2D eigenvalue weighted by atomic mass is 16.6. The number of aromatic nitrogens is 3. The topological polar surface area (TPSA) is 114 Å². The minimum Gasteiger partial charge on any atom is -0.476 e. The predicted octanol–water partition coefficient (Wildman–Crippen LogP) is 2.64. The molecule has 1 aliphatic heterocycles. The minimum atomic E-state index is -1.16. The number of benzene rings is 1. The fourth-order valence-electron chi connectivity index (χ4n) is 3.18. The van der Waals surface area contributed by atoms with Crippen molar-refractivity contribution < 1.29 is 14.8 Å². The summed E-state index contributed by atoms with van der Waals surface area (Å²) in [4.78, 5) is 25.2. The Kier molecular flexibility index (Phi) is 4.64. The molecule has 1 aliphatic rings. The number of rotatable bonds is 5. The summed E-state index contributed by atoms with van der Waals surface area (Å²) in [6, 6.07) is 6.04. The van der Waals surface area contributed by atoms with Crippen LogP contribution < -0.4 is 4.90 Å². The zero-order chi connectivity index (χ0) is 18.0. The Morgan fingerprint density at radius 3 is 2.88 bits per heavy atom. The largest absolute Gasteiger partial charge is 0.476 e. The summed E-state index contributed by atoms with van der Waals surface area (Å²) in [5.74, 6) is -0.835. The molecule has 0 aliphatic carbocycles. The van der Waals surface area contributed by atoms with E-state index in [2.05, 4.69) is 17.1 Å². The highest BCUT2D eigenvalue weighted by Gasteiger charge is 2.29. The third-order valence-electron chi connectivity index (χ3n) is 4.44. The fraction of sp³-hybridized carbons (Fsp3) is 0.438. The third kappa shape index (κ3) is 3.30. The molecular formula is C16H19N5O4. The number of carboxylic acids is 1. The van der Waals surface area contributed by atoms with Gasteiger partial charge in [-0.15, -0.1) is 15.0 Å². The maximum Gasteiger partial charge on any atom is 0.360 e. The molecule has 1 unspecified atom stereocenters. The highest BCUT2D eigenvalue weighted by Crippen LogP contribution is 2.28. The van der Waals surface area contributed by atoms with Crippen LogP contribution in [0, 0.1) is 10.1 Å². The van der Waals surface area contributed by atoms with Crippen molar-refractivity contribution in [2.24, 2.45) is 0 Å². The lowest BCUT2D eigenvalue weighted by molar-refractivity contribution is -0.384. The summed E-state index contributed by atoms with van der Waals surface area (Å²) in [7, 11) is 0. The Bertz CT molecular complexity index is 804. The summed E-state index contributed by atoms with van der Waals surface area (Å²) in [5, 5.41) is 28.9. The second-order valence-corrected chi connectivity index (χ2v) is 6.00. The number of nitrogens with zero attached hydrogens (tertiary/aromatic N) is 5. The molecule has 1 aromatic carbocycles. The van der Waals surface area contributed by atoms with Gasteiger partial charge in [0.05, 0.1) is 10.6 Å². The van der Waals surface area contributed by atoms with Gasteiger partial charge in [-0.05, 0) is 31.7 Å². The smallest absolute Gasteiger partial charge is 0.360 e. The lowest BCUT2D eigenvalue weighted by atomic mass is 10.00. The standard InChI is InChI=1S/C16H19N5O4/c1-2-11-6-3-4-9-19(11)15-14(16(22)23)17-20(18-15)12-7-5-8-13(10-12)21(24)25/h5,7-8,10-11H,2-4,6,9H2,1H3,(H,22,23). The van der Waals surface area contributed by atoms with Crippen molar-refractivity contribution in [2.45, 2.75) is 38.6 Å². The SMILES string of the molecule is CCC1CCCCN1c1nn(-c2cccc([N+](=O)[O-])c2)nc1C(=O)O. The van der Waals surface area contributed by atoms with E-state index in [1.54, 1.807) is 6.07 Å². The first-order chi connectivity index (χ1) is 12.0. The van der Waals surface area contributed by atoms with Crippen molar-refractivity contribution in [1.29, 1.82) is 0 Å². The van der Waals surface area contributed by atoms with Crippen LogP contribution >= 0.6 is 0 Å². The normalized spacial score (nSPS) is 17.5. The zero-order valence-electron chi connectivity index (χ0n) is 13.8. The third-order valence-corrected chi connectivity index (χ3v) is 4.44. The van der Waals surface area contributed by atoms with Gasteiger partial charge in [-0.25, -0.2) is 4.79 Å². The molecule has 0 bridgehead atoms. The first kappa shape index (κ1) is 16.9. The number of hydrogen-bond donors (Lipinski definition) is 1. The van der Waals surface area contributed by atoms with Gasteiger partial charge in [0.2, 0.25) is 5.69 Å². The summed E-state index contributed by atoms with van der Waals surface area (Å²) in [5.41, 5.74) is 0.123. The fourth-order valence-corrected chi connectivity index (χ4v) is 3.18. The molecule has 0 amide bonds. The molecule has 25 heavy (non-hydrogen) atoms. The van der Waals surface area contributed by atoms with E-state index in [-0.39, 0.29) is 17.4 Å². The van der Waals surface area contributed by atoms with E-state index in [0.717, 1.165) is 37.0 Å². The van der Waals surface area contributed by atoms with E-state index in [4.69, 9.17) is 0 Å². The first-order valence-corrected chi connectivity index (χ1v) is 8.23. The molecule has 9 heteroatoms. The molecule has 2 heterocycles. The maximum absolute atomic E-state index is 11.6. The molecule has 132 valence electrons. The van der Waals surface area contributed by atoms with Crippen LogP contribution in [-0.2, 0) is 0 Å². The first-order valence-electron chi connectivity index (χ1n) is 8.23. The number of nitro benzene ring substituents is 1. The van der Waals surface area contributed by atoms with Gasteiger partial charge in [0.1, 0.15) is 0 Å². The molecule has 3 rings (SSSR count). The predicted molar refractivity (Wildman–Crippen MR) is 90.2 cm³/mol. The van der Waals surface area contributed by atoms with Crippen LogP contribution in [0.5, 0.6) is 0 Å². The van der Waals surface area contributed by atoms with Gasteiger partial charge in [-0.3, -0.25) is 10.1 Å². The minimum absolute atomic E-state index is 0.0994. The Balaban J connectivity index is 2.04. The van der Waals surface area contributed by atoms with Crippen LogP contribution in [0.1, 0.15) is 43.1 Å². The number of hydrogen-bond acceptors (Lipinski definition) is 6. The Labute approximate surface area is 144 Å². The molecule has 1 aromatic heterocycles. The molecule has 2 aromatic rings. The Morgan fingerprint density at radius 2 is 2.20 bits per heavy atom. The molecule has 0 radical (unpaired) electrons. The average molecular weight is 345 g/mol. The summed E-state index contributed by atoms with van der Waals surface area (Å²) in [6.45, 7) is 2.79. The van der Waals surface area contributed by atoms with Gasteiger partial charge in [0, 0.05) is 24.7 Å². The van der Waals surface area contributed by atoms with Gasteiger partial charge < -0.3 is 10.0 Å². The van der Waals surface area contributed by atoms with Crippen molar-refractivity contribution >= 4 is 17.5 Å². The lowest BCUT2D eigenvalue weighted by Crippen LogP contribution is -2.40. The van der Waals surface area contributed by atoms with Gasteiger partial charge in [0.15, 0.2) is 5.82 Å². The van der Waals surface area contributed by atoms with Crippen LogP contribution in [-0.4, -0.2) is 43.6 Å². The van der Waals surface area contributed by atoms with E-state index >= 15 is 0 Å². The summed E-state index contributed by atoms with van der Waals surface area (Å²) < 4.78 is 0. The summed E-state index contributed by atoms with van der Waals surface area (Å²) in [6.07, 6.45) is 3.96. The number of piperidine rings is 1. The zero-order valence-corrected chi connectivity index (χ0v) is 13.8. The number of carbonyl (C=O) groups is 1. The quantitative estimate of drug-likeness (QED) is 0.654. The van der Waals surface area contributed by atoms with Crippen LogP contribution in [0.25, 0.3) is 5.69 Å². The van der Waals surface area contributed by atoms with Gasteiger partial charge in [-0.1, -0.05) is 13.0 Å². The lowest BCUT2D eigenvalue weighted by Gasteiger charge is -2.35. The summed E-state index contributed by atoms with van der Waals surface area (Å²) >= 11 is 0. The molecule has 0 spiro atoms. The van der Waals surface area contributed by atoms with Crippen LogP contribution in [0.2, 0.25) is 0 Å². The van der Waals surface area contributed by atoms with Crippen molar-refractivity contribution in [3.63, 3.8) is 0 Å². The van der Waals surface area contributed by atoms with Crippen molar-refractivity contribution in [3.05, 3.63) is 40.1 Å². The van der Waals surface area contributed by atoms with Gasteiger partial charge in [0.25, 0.3) is 5.69 Å². The van der Waals surface area contributed by atoms with Crippen molar-refractivity contribution in [1.82, 2.24) is 15.0 Å². The monoisotopic (exact) mass is 345 g/mol. The molecule has 1 fully saturated rings. The van der Waals surface area contributed by atoms with Crippen LogP contribution in [0.3, 0.4) is 0 Å². The van der Waals surface area contributed by atoms with E-state index in [1.165, 1.54) is 18.2 Å². The van der Waals surface area contributed by atoms with Crippen LogP contribution in [0.15, 0.2) is 24.3 Å². The van der Waals surface area contributed by atoms with Crippen molar-refractivity contribution in [3.8, 4) is 5.69 Å². The van der Waals surface area contributed by atoms with Crippen molar-refractivity contribution in [2.75, 3.05) is 11.4 Å². The molecule has 9 nitrogen and oxygen atoms in total. The molecule has 1 atom stereocenters. The molecule has 1 saturated heterocycles. The molecule has 0 saturated carbocycles. The number of anilines is 1. The van der Waals surface area contributed by atoms with E-state index in [1.807, 2.05) is 4.90 Å². The van der Waals surface area contributed by atoms with E-state index < -0.39 is 10.9 Å². The highest BCUT2D eigenvalue weighted by molar-refractivity contribution is 5.91. The average Bonchev–Trinajstić information content (AvgIpc) is 3.07. The Hall–Kier alpha value is -2.97. The van der Waals surface area contributed by atoms with Gasteiger partial charge >= 0.3 is 5.97 Å². The van der Waals surface area contributed by atoms with Crippen LogP contribution in [0.4, 0.5) is 11.5 Å². The number of carboxylic acid groups (broad SMARTS) is 1. The Morgan fingerprint density at radius 1 is 1.40 bits per heavy atom.